The van der Waals surface area contributed by atoms with E-state index in [2.05, 4.69) is 4.72 Å². The van der Waals surface area contributed by atoms with E-state index in [9.17, 15) is 27.5 Å². The largest absolute Gasteiger partial charge is 0.396 e. The highest BCUT2D eigenvalue weighted by atomic mass is 32.2. The van der Waals surface area contributed by atoms with Gasteiger partial charge in [0.25, 0.3) is 5.56 Å². The van der Waals surface area contributed by atoms with Gasteiger partial charge in [0.15, 0.2) is 15.6 Å². The van der Waals surface area contributed by atoms with Gasteiger partial charge in [-0.05, 0) is 74.2 Å². The number of carbonyl (C=O) groups is 1. The number of aliphatic hydroxyl groups is 1. The lowest BCUT2D eigenvalue weighted by atomic mass is 9.88. The van der Waals surface area contributed by atoms with Crippen LogP contribution < -0.4 is 10.3 Å². The van der Waals surface area contributed by atoms with Crippen LogP contribution in [0.15, 0.2) is 59.5 Å². The number of sulfone groups is 1. The van der Waals surface area contributed by atoms with E-state index in [1.807, 2.05) is 20.8 Å². The highest BCUT2D eigenvalue weighted by molar-refractivity contribution is 7.98. The lowest BCUT2D eigenvalue weighted by Gasteiger charge is -2.26. The molecule has 2 aromatic carbocycles. The van der Waals surface area contributed by atoms with Crippen molar-refractivity contribution >= 4 is 27.6 Å². The molecule has 1 atom stereocenters. The van der Waals surface area contributed by atoms with Crippen LogP contribution in [0.2, 0.25) is 0 Å². The van der Waals surface area contributed by atoms with Crippen molar-refractivity contribution in [1.29, 1.82) is 0 Å². The maximum Gasteiger partial charge on any atom is 0.250 e. The Morgan fingerprint density at radius 1 is 1.10 bits per heavy atom. The molecule has 39 heavy (non-hydrogen) atoms. The molecular formula is C29H35FN2O5S2. The van der Waals surface area contributed by atoms with Crippen LogP contribution in [0.1, 0.15) is 67.2 Å². The summed E-state index contributed by atoms with van der Waals surface area (Å²) >= 11 is 1.46. The van der Waals surface area contributed by atoms with Crippen molar-refractivity contribution in [3.63, 3.8) is 0 Å². The van der Waals surface area contributed by atoms with Crippen molar-refractivity contribution in [2.24, 2.45) is 7.05 Å². The minimum Gasteiger partial charge on any atom is -0.396 e. The summed E-state index contributed by atoms with van der Waals surface area (Å²) in [7, 11) is -1.77. The van der Waals surface area contributed by atoms with Gasteiger partial charge < -0.3 is 9.67 Å². The van der Waals surface area contributed by atoms with Gasteiger partial charge in [-0.2, -0.15) is 0 Å². The van der Waals surface area contributed by atoms with Gasteiger partial charge in [0.1, 0.15) is 5.82 Å². The molecule has 0 spiro atoms. The Hall–Kier alpha value is -2.79. The second kappa shape index (κ2) is 12.6. The van der Waals surface area contributed by atoms with Crippen molar-refractivity contribution in [2.75, 3.05) is 12.4 Å². The molecule has 0 saturated heterocycles. The van der Waals surface area contributed by atoms with Crippen LogP contribution in [-0.2, 0) is 22.6 Å². The molecule has 3 rings (SSSR count). The van der Waals surface area contributed by atoms with Gasteiger partial charge in [-0.25, -0.2) is 12.8 Å². The normalized spacial score (nSPS) is 12.9. The summed E-state index contributed by atoms with van der Waals surface area (Å²) in [6.07, 6.45) is 1.93. The Morgan fingerprint density at radius 2 is 1.77 bits per heavy atom. The molecule has 0 aliphatic heterocycles. The fourth-order valence-corrected chi connectivity index (χ4v) is 5.66. The predicted octanol–water partition coefficient (Wildman–Crippen LogP) is 4.82. The van der Waals surface area contributed by atoms with Crippen LogP contribution in [-0.4, -0.2) is 41.0 Å². The molecule has 7 nitrogen and oxygen atoms in total. The maximum atomic E-state index is 13.7. The standard InChI is InChI=1S/C29H35FN2O5S2/c1-6-39(36,37)18-19-7-12-22(28(35)20-8-10-21(30)11-9-20)23(15-19)25-17-32(5)27(34)16-24(25)26(13-14-33)31-38-29(2,3)4/h7-12,15-17,26,31,33H,6,13-14,18H2,1-5H3/t26-/m0/s1. The summed E-state index contributed by atoms with van der Waals surface area (Å²) in [5.74, 6) is -1.08. The molecule has 0 saturated carbocycles. The van der Waals surface area contributed by atoms with Crippen molar-refractivity contribution in [3.8, 4) is 11.1 Å². The quantitative estimate of drug-likeness (QED) is 0.250. The monoisotopic (exact) mass is 574 g/mol. The number of hydrogen-bond acceptors (Lipinski definition) is 7. The number of carbonyl (C=O) groups excluding carboxylic acids is 1. The van der Waals surface area contributed by atoms with Crippen LogP contribution >= 0.6 is 11.9 Å². The zero-order chi connectivity index (χ0) is 29.0. The Labute approximate surface area is 233 Å². The van der Waals surface area contributed by atoms with E-state index in [0.29, 0.717) is 28.7 Å². The number of aryl methyl sites for hydroxylation is 1. The van der Waals surface area contributed by atoms with Crippen LogP contribution in [0.3, 0.4) is 0 Å². The van der Waals surface area contributed by atoms with E-state index < -0.39 is 21.7 Å². The fraction of sp³-hybridized carbons (Fsp3) is 0.379. The van der Waals surface area contributed by atoms with Gasteiger partial charge in [0, 0.05) is 59.1 Å². The van der Waals surface area contributed by atoms with Crippen molar-refractivity contribution in [2.45, 2.75) is 50.7 Å². The number of nitrogens with one attached hydrogen (secondary N) is 1. The maximum absolute atomic E-state index is 13.7. The van der Waals surface area contributed by atoms with Crippen molar-refractivity contribution < 1.29 is 22.7 Å². The third-order valence-electron chi connectivity index (χ3n) is 6.11. The van der Waals surface area contributed by atoms with E-state index in [4.69, 9.17) is 0 Å². The minimum atomic E-state index is -3.37. The Kier molecular flexibility index (Phi) is 9.93. The molecule has 210 valence electrons. The zero-order valence-electron chi connectivity index (χ0n) is 22.8. The van der Waals surface area contributed by atoms with Gasteiger partial charge in [0.05, 0.1) is 5.75 Å². The molecule has 0 aliphatic carbocycles. The van der Waals surface area contributed by atoms with Crippen LogP contribution in [0.4, 0.5) is 4.39 Å². The first kappa shape index (κ1) is 30.7. The lowest BCUT2D eigenvalue weighted by molar-refractivity contribution is 0.103. The summed E-state index contributed by atoms with van der Waals surface area (Å²) in [5.41, 5.74) is 2.36. The predicted molar refractivity (Wildman–Crippen MR) is 155 cm³/mol. The lowest BCUT2D eigenvalue weighted by Crippen LogP contribution is -2.26. The Morgan fingerprint density at radius 3 is 2.36 bits per heavy atom. The molecule has 2 N–H and O–H groups in total. The molecule has 1 aromatic heterocycles. The third-order valence-corrected chi connectivity index (χ3v) is 8.78. The summed E-state index contributed by atoms with van der Waals surface area (Å²) in [5, 5.41) is 9.84. The number of benzene rings is 2. The van der Waals surface area contributed by atoms with Gasteiger partial charge in [-0.15, -0.1) is 0 Å². The van der Waals surface area contributed by atoms with E-state index in [1.54, 1.807) is 38.4 Å². The molecule has 3 aromatic rings. The summed E-state index contributed by atoms with van der Waals surface area (Å²) in [6.45, 7) is 7.52. The summed E-state index contributed by atoms with van der Waals surface area (Å²) < 4.78 is 43.0. The number of aromatic nitrogens is 1. The molecule has 0 fully saturated rings. The van der Waals surface area contributed by atoms with Crippen LogP contribution in [0, 0.1) is 5.82 Å². The number of hydrogen-bond donors (Lipinski definition) is 2. The number of pyridine rings is 1. The number of rotatable bonds is 11. The molecule has 10 heteroatoms. The SMILES string of the molecule is CCS(=O)(=O)Cc1ccc(C(=O)c2ccc(F)cc2)c(-c2cn(C)c(=O)cc2[C@H](CCO)NSC(C)(C)C)c1. The smallest absolute Gasteiger partial charge is 0.250 e. The van der Waals surface area contributed by atoms with Crippen LogP contribution in [0.25, 0.3) is 11.1 Å². The average Bonchev–Trinajstić information content (AvgIpc) is 2.87. The van der Waals surface area contributed by atoms with Gasteiger partial charge in [-0.1, -0.05) is 31.0 Å². The molecule has 0 bridgehead atoms. The molecule has 0 radical (unpaired) electrons. The first-order valence-corrected chi connectivity index (χ1v) is 15.3. The highest BCUT2D eigenvalue weighted by Crippen LogP contribution is 2.35. The first-order valence-electron chi connectivity index (χ1n) is 12.6. The van der Waals surface area contributed by atoms with Crippen molar-refractivity contribution in [1.82, 2.24) is 9.29 Å². The third kappa shape index (κ3) is 8.11. The average molecular weight is 575 g/mol. The van der Waals surface area contributed by atoms with E-state index in [-0.39, 0.29) is 45.3 Å². The number of nitrogens with zero attached hydrogens (tertiary/aromatic N) is 1. The van der Waals surface area contributed by atoms with E-state index >= 15 is 0 Å². The van der Waals surface area contributed by atoms with Crippen LogP contribution in [0.5, 0.6) is 0 Å². The first-order chi connectivity index (χ1) is 18.2. The molecular weight excluding hydrogens is 539 g/mol. The summed E-state index contributed by atoms with van der Waals surface area (Å²) in [4.78, 5) is 26.4. The second-order valence-corrected chi connectivity index (χ2v) is 14.4. The topological polar surface area (TPSA) is 105 Å². The molecule has 0 amide bonds. The van der Waals surface area contributed by atoms with Gasteiger partial charge in [0.2, 0.25) is 0 Å². The van der Waals surface area contributed by atoms with E-state index in [1.165, 1.54) is 46.8 Å². The highest BCUT2D eigenvalue weighted by Gasteiger charge is 2.25. The zero-order valence-corrected chi connectivity index (χ0v) is 24.5. The number of aliphatic hydroxyl groups excluding tert-OH is 1. The Balaban J connectivity index is 2.29. The minimum absolute atomic E-state index is 0.0315. The van der Waals surface area contributed by atoms with E-state index in [0.717, 1.165) is 0 Å². The van der Waals surface area contributed by atoms with Gasteiger partial charge in [-0.3, -0.25) is 14.3 Å². The molecule has 0 unspecified atom stereocenters. The number of halogens is 1. The molecule has 0 aliphatic rings. The van der Waals surface area contributed by atoms with Crippen molar-refractivity contribution in [3.05, 3.63) is 93.2 Å². The van der Waals surface area contributed by atoms with Gasteiger partial charge >= 0.3 is 0 Å². The number of ketones is 1. The fourth-order valence-electron chi connectivity index (χ4n) is 4.03. The second-order valence-electron chi connectivity index (χ2n) is 10.4. The Bertz CT molecular complexity index is 1490. The molecule has 1 heterocycles. The summed E-state index contributed by atoms with van der Waals surface area (Å²) in [6, 6.07) is 11.1.